The first-order valence-electron chi connectivity index (χ1n) is 6.57. The molecular weight excluding hydrogens is 262 g/mol. The Bertz CT molecular complexity index is 596. The third-order valence-electron chi connectivity index (χ3n) is 2.76. The molecule has 0 spiro atoms. The van der Waals surface area contributed by atoms with Crippen molar-refractivity contribution in [1.82, 2.24) is 5.32 Å². The Morgan fingerprint density at radius 3 is 1.95 bits per heavy atom. The van der Waals surface area contributed by atoms with Gasteiger partial charge in [0.1, 0.15) is 6.34 Å². The van der Waals surface area contributed by atoms with Gasteiger partial charge >= 0.3 is 0 Å². The van der Waals surface area contributed by atoms with Gasteiger partial charge in [-0.15, -0.1) is 0 Å². The van der Waals surface area contributed by atoms with Crippen LogP contribution in [0.1, 0.15) is 6.92 Å². The topological polar surface area (TPSA) is 44.7 Å². The lowest BCUT2D eigenvalue weighted by atomic mass is 10.2. The van der Waals surface area contributed by atoms with Gasteiger partial charge < -0.3 is 5.32 Å². The van der Waals surface area contributed by atoms with Crippen LogP contribution < -0.4 is 10.3 Å². The Hall–Kier alpha value is -2.88. The normalized spacial score (nSPS) is 10.3. The maximum atomic E-state index is 11.5. The zero-order valence-electron chi connectivity index (χ0n) is 11.9. The standard InChI is InChI=1S/C17H17N3O/c1-14(2)17(21)18-13-19-20(15-9-5-3-6-10-15)16-11-7-4-8-12-16/h3-13H,1H2,2H3,(H,18,19,21). The van der Waals surface area contributed by atoms with Crippen molar-refractivity contribution in [2.45, 2.75) is 6.92 Å². The van der Waals surface area contributed by atoms with Gasteiger partial charge in [0.25, 0.3) is 5.91 Å². The van der Waals surface area contributed by atoms with Crippen molar-refractivity contribution in [2.75, 3.05) is 5.01 Å². The molecule has 0 saturated heterocycles. The van der Waals surface area contributed by atoms with Gasteiger partial charge in [0.15, 0.2) is 0 Å². The van der Waals surface area contributed by atoms with E-state index in [2.05, 4.69) is 17.0 Å². The van der Waals surface area contributed by atoms with Crippen LogP contribution in [0.4, 0.5) is 11.4 Å². The molecule has 0 aromatic heterocycles. The van der Waals surface area contributed by atoms with Gasteiger partial charge in [-0.1, -0.05) is 43.0 Å². The second kappa shape index (κ2) is 7.05. The van der Waals surface area contributed by atoms with E-state index in [0.717, 1.165) is 11.4 Å². The molecule has 0 atom stereocenters. The summed E-state index contributed by atoms with van der Waals surface area (Å²) in [5.74, 6) is -0.250. The van der Waals surface area contributed by atoms with E-state index in [0.29, 0.717) is 5.57 Å². The Morgan fingerprint density at radius 2 is 1.52 bits per heavy atom. The largest absolute Gasteiger partial charge is 0.312 e. The van der Waals surface area contributed by atoms with E-state index >= 15 is 0 Å². The van der Waals surface area contributed by atoms with E-state index in [4.69, 9.17) is 0 Å². The summed E-state index contributed by atoms with van der Waals surface area (Å²) in [5, 5.41) is 8.65. The Balaban J connectivity index is 2.23. The summed E-state index contributed by atoms with van der Waals surface area (Å²) in [5.41, 5.74) is 2.25. The third-order valence-corrected chi connectivity index (χ3v) is 2.76. The first kappa shape index (κ1) is 14.5. The average Bonchev–Trinajstić information content (AvgIpc) is 2.53. The molecule has 21 heavy (non-hydrogen) atoms. The number of hydrogen-bond donors (Lipinski definition) is 1. The smallest absolute Gasteiger partial charge is 0.251 e. The van der Waals surface area contributed by atoms with Crippen LogP contribution in [-0.2, 0) is 4.79 Å². The summed E-state index contributed by atoms with van der Waals surface area (Å²) in [6.45, 7) is 5.23. The first-order chi connectivity index (χ1) is 10.2. The molecule has 1 N–H and O–H groups in total. The fourth-order valence-electron chi connectivity index (χ4n) is 1.69. The monoisotopic (exact) mass is 279 g/mol. The van der Waals surface area contributed by atoms with Crippen LogP contribution in [0, 0.1) is 0 Å². The zero-order chi connectivity index (χ0) is 15.1. The van der Waals surface area contributed by atoms with Crippen molar-refractivity contribution in [2.24, 2.45) is 5.10 Å². The molecule has 0 bridgehead atoms. The van der Waals surface area contributed by atoms with Crippen LogP contribution in [0.3, 0.4) is 0 Å². The lowest BCUT2D eigenvalue weighted by Crippen LogP contribution is -2.23. The van der Waals surface area contributed by atoms with Gasteiger partial charge in [0.05, 0.1) is 11.4 Å². The molecule has 4 heteroatoms. The Labute approximate surface area is 124 Å². The summed E-state index contributed by atoms with van der Waals surface area (Å²) in [4.78, 5) is 11.5. The SMILES string of the molecule is C=C(C)C(=O)N/C=N/N(c1ccccc1)c1ccccc1. The van der Waals surface area contributed by atoms with Crippen LogP contribution in [-0.4, -0.2) is 12.2 Å². The van der Waals surface area contributed by atoms with Gasteiger partial charge in [0.2, 0.25) is 0 Å². The fraction of sp³-hybridized carbons (Fsp3) is 0.0588. The van der Waals surface area contributed by atoms with Crippen molar-refractivity contribution >= 4 is 23.6 Å². The number of rotatable bonds is 5. The van der Waals surface area contributed by atoms with Gasteiger partial charge in [0, 0.05) is 5.57 Å². The van der Waals surface area contributed by atoms with Gasteiger partial charge in [-0.3, -0.25) is 4.79 Å². The summed E-state index contributed by atoms with van der Waals surface area (Å²) in [7, 11) is 0. The number of para-hydroxylation sites is 2. The lowest BCUT2D eigenvalue weighted by molar-refractivity contribution is -0.116. The van der Waals surface area contributed by atoms with Crippen molar-refractivity contribution in [3.05, 3.63) is 72.8 Å². The average molecular weight is 279 g/mol. The van der Waals surface area contributed by atoms with E-state index in [1.54, 1.807) is 11.9 Å². The Morgan fingerprint density at radius 1 is 1.05 bits per heavy atom. The number of carbonyl (C=O) groups excluding carboxylic acids is 1. The Kier molecular flexibility index (Phi) is 4.88. The molecule has 0 aliphatic carbocycles. The number of hydrazone groups is 1. The highest BCUT2D eigenvalue weighted by Crippen LogP contribution is 2.24. The minimum absolute atomic E-state index is 0.250. The second-order valence-corrected chi connectivity index (χ2v) is 4.48. The van der Waals surface area contributed by atoms with E-state index in [-0.39, 0.29) is 5.91 Å². The summed E-state index contributed by atoms with van der Waals surface area (Å²) < 4.78 is 0. The molecule has 0 aliphatic rings. The molecule has 0 heterocycles. The molecule has 0 unspecified atom stereocenters. The summed E-state index contributed by atoms with van der Waals surface area (Å²) in [6, 6.07) is 19.4. The molecule has 106 valence electrons. The maximum absolute atomic E-state index is 11.5. The van der Waals surface area contributed by atoms with Crippen molar-refractivity contribution < 1.29 is 4.79 Å². The fourth-order valence-corrected chi connectivity index (χ4v) is 1.69. The molecule has 0 radical (unpaired) electrons. The number of benzene rings is 2. The molecule has 0 aliphatic heterocycles. The number of hydrogen-bond acceptors (Lipinski definition) is 3. The van der Waals surface area contributed by atoms with Gasteiger partial charge in [-0.05, 0) is 31.2 Å². The van der Waals surface area contributed by atoms with Crippen LogP contribution in [0.15, 0.2) is 77.9 Å². The van der Waals surface area contributed by atoms with Gasteiger partial charge in [-0.2, -0.15) is 5.10 Å². The molecule has 0 fully saturated rings. The van der Waals surface area contributed by atoms with Crippen LogP contribution in [0.5, 0.6) is 0 Å². The van der Waals surface area contributed by atoms with Crippen molar-refractivity contribution in [3.8, 4) is 0 Å². The minimum Gasteiger partial charge on any atom is -0.312 e. The maximum Gasteiger partial charge on any atom is 0.251 e. The van der Waals surface area contributed by atoms with Gasteiger partial charge in [-0.25, -0.2) is 5.01 Å². The first-order valence-corrected chi connectivity index (χ1v) is 6.57. The minimum atomic E-state index is -0.250. The third kappa shape index (κ3) is 4.04. The number of nitrogens with one attached hydrogen (secondary N) is 1. The summed E-state index contributed by atoms with van der Waals surface area (Å²) in [6.07, 6.45) is 1.37. The highest BCUT2D eigenvalue weighted by Gasteiger charge is 2.06. The number of amides is 1. The highest BCUT2D eigenvalue weighted by molar-refractivity contribution is 5.99. The number of anilines is 2. The summed E-state index contributed by atoms with van der Waals surface area (Å²) >= 11 is 0. The van der Waals surface area contributed by atoms with E-state index in [9.17, 15) is 4.79 Å². The highest BCUT2D eigenvalue weighted by atomic mass is 16.1. The zero-order valence-corrected chi connectivity index (χ0v) is 11.9. The molecule has 2 aromatic rings. The van der Waals surface area contributed by atoms with Crippen LogP contribution in [0.2, 0.25) is 0 Å². The molecule has 1 amide bonds. The van der Waals surface area contributed by atoms with Crippen molar-refractivity contribution in [1.29, 1.82) is 0 Å². The predicted octanol–water partition coefficient (Wildman–Crippen LogP) is 3.46. The molecule has 4 nitrogen and oxygen atoms in total. The quantitative estimate of drug-likeness (QED) is 0.394. The molecule has 2 rings (SSSR count). The predicted molar refractivity (Wildman–Crippen MR) is 86.5 cm³/mol. The van der Waals surface area contributed by atoms with Crippen LogP contribution in [0.25, 0.3) is 0 Å². The lowest BCUT2D eigenvalue weighted by Gasteiger charge is -2.18. The second-order valence-electron chi connectivity index (χ2n) is 4.48. The van der Waals surface area contributed by atoms with Crippen LogP contribution >= 0.6 is 0 Å². The van der Waals surface area contributed by atoms with Crippen molar-refractivity contribution in [3.63, 3.8) is 0 Å². The van der Waals surface area contributed by atoms with E-state index in [1.807, 2.05) is 60.7 Å². The molecular formula is C17H17N3O. The number of carbonyl (C=O) groups is 1. The number of nitrogens with zero attached hydrogens (tertiary/aromatic N) is 2. The van der Waals surface area contributed by atoms with E-state index < -0.39 is 0 Å². The molecule has 0 saturated carbocycles. The van der Waals surface area contributed by atoms with E-state index in [1.165, 1.54) is 6.34 Å². The molecule has 2 aromatic carbocycles.